The molecule has 1 aromatic carbocycles. The fourth-order valence-electron chi connectivity index (χ4n) is 2.50. The molecule has 1 amide bonds. The Morgan fingerprint density at radius 1 is 1.41 bits per heavy atom. The number of nitrogens with zero attached hydrogens (tertiary/aromatic N) is 1. The smallest absolute Gasteiger partial charge is 0.257 e. The van der Waals surface area contributed by atoms with E-state index in [2.05, 4.69) is 29.5 Å². The Bertz CT molecular complexity index is 669. The fourth-order valence-corrected chi connectivity index (χ4v) is 3.36. The minimum absolute atomic E-state index is 0. The molecule has 1 aliphatic heterocycles. The number of hydrogen-bond acceptors (Lipinski definition) is 4. The van der Waals surface area contributed by atoms with Crippen molar-refractivity contribution >= 4 is 40.5 Å². The molecule has 2 heterocycles. The summed E-state index contributed by atoms with van der Waals surface area (Å²) < 4.78 is 0. The number of rotatable bonds is 3. The number of anilines is 2. The first kappa shape index (κ1) is 16.8. The zero-order valence-electron chi connectivity index (χ0n) is 12.7. The molecule has 0 atom stereocenters. The minimum Gasteiger partial charge on any atom is -0.385 e. The second kappa shape index (κ2) is 7.11. The number of carbonyl (C=O) groups is 1. The first-order valence-electron chi connectivity index (χ1n) is 7.27. The Hall–Kier alpha value is -1.59. The quantitative estimate of drug-likeness (QED) is 0.878. The predicted octanol–water partition coefficient (Wildman–Crippen LogP) is 4.30. The zero-order chi connectivity index (χ0) is 14.8. The summed E-state index contributed by atoms with van der Waals surface area (Å²) >= 11 is 1.48. The van der Waals surface area contributed by atoms with Crippen molar-refractivity contribution in [2.75, 3.05) is 17.2 Å². The highest BCUT2D eigenvalue weighted by Crippen LogP contribution is 2.27. The Morgan fingerprint density at radius 3 is 2.95 bits per heavy atom. The lowest BCUT2D eigenvalue weighted by molar-refractivity contribution is 0.102. The van der Waals surface area contributed by atoms with Crippen LogP contribution in [0.1, 0.15) is 47.8 Å². The van der Waals surface area contributed by atoms with Gasteiger partial charge >= 0.3 is 0 Å². The number of amides is 1. The normalized spacial score (nSPS) is 13.0. The van der Waals surface area contributed by atoms with E-state index in [1.807, 2.05) is 23.6 Å². The first-order chi connectivity index (χ1) is 10.1. The van der Waals surface area contributed by atoms with Crippen LogP contribution in [0.4, 0.5) is 10.8 Å². The summed E-state index contributed by atoms with van der Waals surface area (Å²) in [6, 6.07) is 5.84. The van der Waals surface area contributed by atoms with Crippen molar-refractivity contribution in [1.29, 1.82) is 0 Å². The minimum atomic E-state index is -0.0693. The van der Waals surface area contributed by atoms with Crippen LogP contribution in [0.3, 0.4) is 0 Å². The predicted molar refractivity (Wildman–Crippen MR) is 94.7 cm³/mol. The van der Waals surface area contributed by atoms with Crippen LogP contribution < -0.4 is 10.6 Å². The number of aromatic nitrogens is 1. The summed E-state index contributed by atoms with van der Waals surface area (Å²) in [6.45, 7) is 5.17. The number of benzene rings is 1. The fraction of sp³-hybridized carbons (Fsp3) is 0.375. The Balaban J connectivity index is 0.00000176. The molecule has 0 spiro atoms. The summed E-state index contributed by atoms with van der Waals surface area (Å²) in [7, 11) is 0. The van der Waals surface area contributed by atoms with Crippen LogP contribution in [0, 0.1) is 0 Å². The van der Waals surface area contributed by atoms with Gasteiger partial charge in [0.2, 0.25) is 0 Å². The van der Waals surface area contributed by atoms with Crippen molar-refractivity contribution in [3.8, 4) is 0 Å². The van der Waals surface area contributed by atoms with Gasteiger partial charge in [0.25, 0.3) is 5.91 Å². The number of carbonyl (C=O) groups excluding carboxylic acids is 1. The molecule has 2 N–H and O–H groups in total. The molecule has 0 saturated heterocycles. The van der Waals surface area contributed by atoms with Gasteiger partial charge in [0.1, 0.15) is 0 Å². The molecule has 0 unspecified atom stereocenters. The molecule has 6 heteroatoms. The highest BCUT2D eigenvalue weighted by molar-refractivity contribution is 7.14. The summed E-state index contributed by atoms with van der Waals surface area (Å²) in [5.41, 5.74) is 3.96. The molecule has 0 fully saturated rings. The third-order valence-electron chi connectivity index (χ3n) is 3.67. The Morgan fingerprint density at radius 2 is 2.23 bits per heavy atom. The van der Waals surface area contributed by atoms with Crippen molar-refractivity contribution in [3.63, 3.8) is 0 Å². The molecule has 3 rings (SSSR count). The maximum Gasteiger partial charge on any atom is 0.257 e. The Kier molecular flexibility index (Phi) is 5.42. The largest absolute Gasteiger partial charge is 0.385 e. The summed E-state index contributed by atoms with van der Waals surface area (Å²) in [5.74, 6) is 0.306. The third kappa shape index (κ3) is 3.42. The van der Waals surface area contributed by atoms with E-state index in [9.17, 15) is 4.79 Å². The molecular weight excluding hydrogens is 318 g/mol. The lowest BCUT2D eigenvalue weighted by Crippen LogP contribution is -2.19. The topological polar surface area (TPSA) is 54.0 Å². The van der Waals surface area contributed by atoms with E-state index in [-0.39, 0.29) is 18.3 Å². The van der Waals surface area contributed by atoms with Gasteiger partial charge in [0.05, 0.1) is 5.69 Å². The van der Waals surface area contributed by atoms with Crippen molar-refractivity contribution in [2.45, 2.75) is 32.6 Å². The molecule has 0 radical (unpaired) electrons. The molecule has 0 bridgehead atoms. The van der Waals surface area contributed by atoms with E-state index < -0.39 is 0 Å². The summed E-state index contributed by atoms with van der Waals surface area (Å²) in [5, 5.41) is 8.95. The molecule has 1 aliphatic rings. The van der Waals surface area contributed by atoms with Crippen LogP contribution in [0.5, 0.6) is 0 Å². The molecule has 4 nitrogen and oxygen atoms in total. The van der Waals surface area contributed by atoms with Crippen molar-refractivity contribution in [3.05, 3.63) is 40.4 Å². The van der Waals surface area contributed by atoms with E-state index in [1.54, 1.807) is 0 Å². The lowest BCUT2D eigenvalue weighted by atomic mass is 9.97. The Labute approximate surface area is 140 Å². The summed E-state index contributed by atoms with van der Waals surface area (Å²) in [4.78, 5) is 17.0. The second-order valence-corrected chi connectivity index (χ2v) is 6.41. The second-order valence-electron chi connectivity index (χ2n) is 5.55. The van der Waals surface area contributed by atoms with Gasteiger partial charge in [-0.05, 0) is 36.5 Å². The molecular formula is C16H20ClN3OS. The van der Waals surface area contributed by atoms with Crippen molar-refractivity contribution in [2.24, 2.45) is 0 Å². The molecule has 2 aromatic rings. The average molecular weight is 338 g/mol. The van der Waals surface area contributed by atoms with Gasteiger partial charge in [-0.15, -0.1) is 23.7 Å². The van der Waals surface area contributed by atoms with Crippen LogP contribution in [-0.4, -0.2) is 17.4 Å². The van der Waals surface area contributed by atoms with Gasteiger partial charge in [-0.2, -0.15) is 0 Å². The van der Waals surface area contributed by atoms with Crippen LogP contribution in [0.25, 0.3) is 0 Å². The molecule has 1 aromatic heterocycles. The molecule has 118 valence electrons. The van der Waals surface area contributed by atoms with Gasteiger partial charge in [-0.3, -0.25) is 10.1 Å². The van der Waals surface area contributed by atoms with Gasteiger partial charge in [-0.25, -0.2) is 4.98 Å². The summed E-state index contributed by atoms with van der Waals surface area (Å²) in [6.07, 6.45) is 2.01. The third-order valence-corrected chi connectivity index (χ3v) is 4.45. The number of hydrogen-bond donors (Lipinski definition) is 2. The first-order valence-corrected chi connectivity index (χ1v) is 8.15. The van der Waals surface area contributed by atoms with E-state index in [0.29, 0.717) is 11.0 Å². The van der Waals surface area contributed by atoms with Crippen molar-refractivity contribution in [1.82, 2.24) is 4.98 Å². The van der Waals surface area contributed by atoms with Gasteiger partial charge < -0.3 is 5.32 Å². The van der Waals surface area contributed by atoms with Crippen molar-refractivity contribution < 1.29 is 4.79 Å². The standard InChI is InChI=1S/C16H19N3OS.ClH/c1-10(2)14-9-21-16(18-14)19-15(20)12-5-3-7-13-11(12)6-4-8-17-13;/h3,5,7,9-10,17H,4,6,8H2,1-2H3,(H,18,19,20);1H. The number of nitrogens with one attached hydrogen (secondary N) is 2. The number of thiazole rings is 1. The highest BCUT2D eigenvalue weighted by atomic mass is 35.5. The highest BCUT2D eigenvalue weighted by Gasteiger charge is 2.18. The maximum absolute atomic E-state index is 12.5. The van der Waals surface area contributed by atoms with Gasteiger partial charge in [0.15, 0.2) is 5.13 Å². The van der Waals surface area contributed by atoms with E-state index >= 15 is 0 Å². The van der Waals surface area contributed by atoms with E-state index in [4.69, 9.17) is 0 Å². The molecule has 0 saturated carbocycles. The van der Waals surface area contributed by atoms with Crippen LogP contribution in [0.2, 0.25) is 0 Å². The lowest BCUT2D eigenvalue weighted by Gasteiger charge is -2.20. The molecule has 0 aliphatic carbocycles. The van der Waals surface area contributed by atoms with E-state index in [0.717, 1.165) is 41.9 Å². The molecule has 22 heavy (non-hydrogen) atoms. The van der Waals surface area contributed by atoms with Gasteiger partial charge in [-0.1, -0.05) is 19.9 Å². The van der Waals surface area contributed by atoms with Gasteiger partial charge in [0, 0.05) is 23.2 Å². The van der Waals surface area contributed by atoms with Crippen LogP contribution >= 0.6 is 23.7 Å². The average Bonchev–Trinajstić information content (AvgIpc) is 2.95. The van der Waals surface area contributed by atoms with E-state index in [1.165, 1.54) is 11.3 Å². The monoisotopic (exact) mass is 337 g/mol. The van der Waals surface area contributed by atoms with Crippen LogP contribution in [-0.2, 0) is 6.42 Å². The maximum atomic E-state index is 12.5. The number of halogens is 1. The number of fused-ring (bicyclic) bond motifs is 1. The van der Waals surface area contributed by atoms with Crippen LogP contribution in [0.15, 0.2) is 23.6 Å². The SMILES string of the molecule is CC(C)c1csc(NC(=O)c2cccc3c2CCCN3)n1.Cl. The zero-order valence-corrected chi connectivity index (χ0v) is 14.3.